The molecule has 0 heterocycles. The second-order valence-corrected chi connectivity index (χ2v) is 5.24. The quantitative estimate of drug-likeness (QED) is 0.408. The molecule has 7 nitrogen and oxygen atoms in total. The molecular formula is C14H32N2O5. The van der Waals surface area contributed by atoms with Crippen LogP contribution < -0.4 is 0 Å². The predicted molar refractivity (Wildman–Crippen MR) is 81.3 cm³/mol. The topological polar surface area (TPSA) is 74.6 Å². The van der Waals surface area contributed by atoms with Gasteiger partial charge in [-0.3, -0.25) is 4.90 Å². The van der Waals surface area contributed by atoms with Crippen molar-refractivity contribution in [2.45, 2.75) is 18.8 Å². The van der Waals surface area contributed by atoms with Gasteiger partial charge in [0, 0.05) is 46.9 Å². The molecule has 0 spiro atoms. The standard InChI is InChI=1S/C14H32N2O5/c1-15(2)11-13(18)12-21-14(5-8-17)16(6-9-19-3)7-10-20-4/h13-14,17-18H,5-12H2,1-4H3. The Kier molecular flexibility index (Phi) is 13.2. The van der Waals surface area contributed by atoms with Crippen molar-refractivity contribution >= 4 is 0 Å². The molecule has 0 saturated carbocycles. The van der Waals surface area contributed by atoms with Gasteiger partial charge >= 0.3 is 0 Å². The first-order valence-corrected chi connectivity index (χ1v) is 7.32. The molecule has 2 atom stereocenters. The predicted octanol–water partition coefficient (Wildman–Crippen LogP) is -0.771. The van der Waals surface area contributed by atoms with Crippen LogP contribution >= 0.6 is 0 Å². The Bertz CT molecular complexity index is 223. The van der Waals surface area contributed by atoms with Crippen molar-refractivity contribution in [2.24, 2.45) is 0 Å². The lowest BCUT2D eigenvalue weighted by molar-refractivity contribution is -0.106. The highest BCUT2D eigenvalue weighted by atomic mass is 16.5. The van der Waals surface area contributed by atoms with Gasteiger partial charge in [-0.2, -0.15) is 0 Å². The minimum absolute atomic E-state index is 0.0326. The summed E-state index contributed by atoms with van der Waals surface area (Å²) in [6.07, 6.45) is -0.313. The van der Waals surface area contributed by atoms with Crippen LogP contribution in [-0.2, 0) is 14.2 Å². The van der Waals surface area contributed by atoms with Crippen molar-refractivity contribution in [3.63, 3.8) is 0 Å². The molecule has 0 radical (unpaired) electrons. The molecule has 0 aromatic rings. The van der Waals surface area contributed by atoms with E-state index in [0.29, 0.717) is 39.3 Å². The summed E-state index contributed by atoms with van der Waals surface area (Å²) in [6, 6.07) is 0. The van der Waals surface area contributed by atoms with Crippen LogP contribution in [0.2, 0.25) is 0 Å². The average molecular weight is 308 g/mol. The molecule has 0 fully saturated rings. The molecule has 21 heavy (non-hydrogen) atoms. The number of likely N-dealkylation sites (N-methyl/N-ethyl adjacent to an activating group) is 1. The Hall–Kier alpha value is -0.280. The first-order chi connectivity index (χ1) is 10.0. The van der Waals surface area contributed by atoms with Crippen LogP contribution in [-0.4, -0.2) is 107 Å². The van der Waals surface area contributed by atoms with E-state index in [0.717, 1.165) is 0 Å². The van der Waals surface area contributed by atoms with Crippen molar-refractivity contribution in [1.82, 2.24) is 9.80 Å². The van der Waals surface area contributed by atoms with Crippen LogP contribution in [0.4, 0.5) is 0 Å². The third kappa shape index (κ3) is 11.0. The maximum atomic E-state index is 9.87. The molecule has 0 aliphatic carbocycles. The van der Waals surface area contributed by atoms with Gasteiger partial charge in [-0.15, -0.1) is 0 Å². The summed E-state index contributed by atoms with van der Waals surface area (Å²) in [5, 5.41) is 19.1. The average Bonchev–Trinajstić information content (AvgIpc) is 2.43. The number of hydrogen-bond acceptors (Lipinski definition) is 7. The molecule has 0 aliphatic heterocycles. The molecule has 0 aromatic carbocycles. The Morgan fingerprint density at radius 1 is 1.05 bits per heavy atom. The van der Waals surface area contributed by atoms with E-state index < -0.39 is 6.10 Å². The number of rotatable bonds is 14. The van der Waals surface area contributed by atoms with Crippen molar-refractivity contribution in [1.29, 1.82) is 0 Å². The van der Waals surface area contributed by atoms with E-state index in [1.54, 1.807) is 14.2 Å². The highest BCUT2D eigenvalue weighted by molar-refractivity contribution is 4.66. The highest BCUT2D eigenvalue weighted by Crippen LogP contribution is 2.07. The van der Waals surface area contributed by atoms with Gasteiger partial charge in [-0.05, 0) is 14.1 Å². The van der Waals surface area contributed by atoms with Crippen LogP contribution in [0.3, 0.4) is 0 Å². The number of ether oxygens (including phenoxy) is 3. The van der Waals surface area contributed by atoms with Crippen molar-refractivity contribution in [2.75, 3.05) is 74.4 Å². The SMILES string of the molecule is COCCN(CCOC)C(CCO)OCC(O)CN(C)C. The van der Waals surface area contributed by atoms with Gasteiger partial charge < -0.3 is 29.3 Å². The van der Waals surface area contributed by atoms with Crippen LogP contribution in [0.25, 0.3) is 0 Å². The molecule has 0 saturated heterocycles. The minimum atomic E-state index is -0.548. The lowest BCUT2D eigenvalue weighted by Gasteiger charge is -2.31. The van der Waals surface area contributed by atoms with Crippen molar-refractivity contribution in [3.8, 4) is 0 Å². The highest BCUT2D eigenvalue weighted by Gasteiger charge is 2.20. The van der Waals surface area contributed by atoms with E-state index in [-0.39, 0.29) is 19.4 Å². The van der Waals surface area contributed by atoms with Crippen molar-refractivity contribution in [3.05, 3.63) is 0 Å². The monoisotopic (exact) mass is 308 g/mol. The van der Waals surface area contributed by atoms with E-state index in [2.05, 4.69) is 4.90 Å². The lowest BCUT2D eigenvalue weighted by atomic mass is 10.3. The van der Waals surface area contributed by atoms with Gasteiger partial charge in [-0.25, -0.2) is 0 Å². The van der Waals surface area contributed by atoms with Gasteiger partial charge in [0.1, 0.15) is 6.23 Å². The van der Waals surface area contributed by atoms with E-state index in [1.165, 1.54) is 0 Å². The van der Waals surface area contributed by atoms with E-state index in [1.807, 2.05) is 19.0 Å². The summed E-state index contributed by atoms with van der Waals surface area (Å²) in [4.78, 5) is 3.97. The zero-order valence-electron chi connectivity index (χ0n) is 13.8. The number of nitrogens with zero attached hydrogens (tertiary/aromatic N) is 2. The summed E-state index contributed by atoms with van der Waals surface area (Å²) in [7, 11) is 7.10. The molecule has 0 amide bonds. The Morgan fingerprint density at radius 3 is 2.05 bits per heavy atom. The first-order valence-electron chi connectivity index (χ1n) is 7.32. The molecule has 2 N–H and O–H groups in total. The fourth-order valence-corrected chi connectivity index (χ4v) is 1.99. The number of aliphatic hydroxyl groups excluding tert-OH is 2. The van der Waals surface area contributed by atoms with Crippen LogP contribution in [0.5, 0.6) is 0 Å². The Balaban J connectivity index is 4.40. The fourth-order valence-electron chi connectivity index (χ4n) is 1.99. The smallest absolute Gasteiger partial charge is 0.113 e. The molecule has 0 rings (SSSR count). The molecular weight excluding hydrogens is 276 g/mol. The van der Waals surface area contributed by atoms with Gasteiger partial charge in [0.15, 0.2) is 0 Å². The first kappa shape index (κ1) is 20.7. The zero-order valence-corrected chi connectivity index (χ0v) is 13.8. The second-order valence-electron chi connectivity index (χ2n) is 5.24. The Morgan fingerprint density at radius 2 is 1.62 bits per heavy atom. The molecule has 0 aliphatic rings. The maximum Gasteiger partial charge on any atom is 0.113 e. The third-order valence-electron chi connectivity index (χ3n) is 3.01. The minimum Gasteiger partial charge on any atom is -0.396 e. The second kappa shape index (κ2) is 13.4. The number of aliphatic hydroxyl groups is 2. The van der Waals surface area contributed by atoms with Crippen LogP contribution in [0, 0.1) is 0 Å². The van der Waals surface area contributed by atoms with E-state index >= 15 is 0 Å². The summed E-state index contributed by atoms with van der Waals surface area (Å²) in [6.45, 7) is 3.35. The van der Waals surface area contributed by atoms with Crippen LogP contribution in [0.1, 0.15) is 6.42 Å². The van der Waals surface area contributed by atoms with Gasteiger partial charge in [-0.1, -0.05) is 0 Å². The lowest BCUT2D eigenvalue weighted by Crippen LogP contribution is -2.43. The van der Waals surface area contributed by atoms with Gasteiger partial charge in [0.25, 0.3) is 0 Å². The molecule has 128 valence electrons. The van der Waals surface area contributed by atoms with Gasteiger partial charge in [0.2, 0.25) is 0 Å². The maximum absolute atomic E-state index is 9.87. The van der Waals surface area contributed by atoms with Gasteiger partial charge in [0.05, 0.1) is 25.9 Å². The number of methoxy groups -OCH3 is 2. The zero-order chi connectivity index (χ0) is 16.1. The summed E-state index contributed by atoms with van der Waals surface area (Å²) >= 11 is 0. The largest absolute Gasteiger partial charge is 0.396 e. The van der Waals surface area contributed by atoms with E-state index in [4.69, 9.17) is 14.2 Å². The molecule has 7 heteroatoms. The van der Waals surface area contributed by atoms with E-state index in [9.17, 15) is 10.2 Å². The molecule has 0 aromatic heterocycles. The van der Waals surface area contributed by atoms with Crippen LogP contribution in [0.15, 0.2) is 0 Å². The molecule has 0 bridgehead atoms. The summed E-state index contributed by atoms with van der Waals surface area (Å²) in [5.41, 5.74) is 0. The summed E-state index contributed by atoms with van der Waals surface area (Å²) < 4.78 is 16.0. The fraction of sp³-hybridized carbons (Fsp3) is 1.00. The number of hydrogen-bond donors (Lipinski definition) is 2. The molecule has 2 unspecified atom stereocenters. The van der Waals surface area contributed by atoms with Crippen molar-refractivity contribution < 1.29 is 24.4 Å². The third-order valence-corrected chi connectivity index (χ3v) is 3.01. The summed E-state index contributed by atoms with van der Waals surface area (Å²) in [5.74, 6) is 0. The Labute approximate surface area is 128 Å². The normalized spacial score (nSPS) is 14.9.